The largest absolute Gasteiger partial charge is 0.497 e. The van der Waals surface area contributed by atoms with Gasteiger partial charge in [0.15, 0.2) is 0 Å². The van der Waals surface area contributed by atoms with Crippen LogP contribution in [-0.4, -0.2) is 31.3 Å². The van der Waals surface area contributed by atoms with E-state index in [0.717, 1.165) is 4.90 Å². The van der Waals surface area contributed by atoms with Gasteiger partial charge in [-0.2, -0.15) is 0 Å². The topological polar surface area (TPSA) is 76.7 Å². The van der Waals surface area contributed by atoms with E-state index < -0.39 is 5.25 Å². The summed E-state index contributed by atoms with van der Waals surface area (Å²) in [6.07, 6.45) is 0.0355. The van der Waals surface area contributed by atoms with E-state index in [1.165, 1.54) is 18.9 Å². The second kappa shape index (κ2) is 7.88. The molecule has 0 radical (unpaired) electrons. The first-order chi connectivity index (χ1) is 12.5. The molecule has 3 rings (SSSR count). The number of benzene rings is 2. The van der Waals surface area contributed by atoms with Gasteiger partial charge in [-0.15, -0.1) is 11.8 Å². The van der Waals surface area contributed by atoms with E-state index in [1.54, 1.807) is 37.4 Å². The lowest BCUT2D eigenvalue weighted by Gasteiger charge is -2.24. The number of nitrogens with one attached hydrogen (secondary N) is 2. The molecule has 0 fully saturated rings. The molecule has 136 valence electrons. The summed E-state index contributed by atoms with van der Waals surface area (Å²) in [5.41, 5.74) is 1.19. The molecule has 0 saturated heterocycles. The SMILES string of the molecule is COc1ccc(NC(=O)C[C@H]2Sc3ccc(Cl)cc3NC2=O)c(OC)c1. The molecule has 8 heteroatoms. The standard InChI is InChI=1S/C18H17ClN2O4S/c1-24-11-4-5-12(14(8-11)25-2)20-17(22)9-16-18(23)21-13-7-10(19)3-6-15(13)26-16/h3-8,16H,9H2,1-2H3,(H,20,22)(H,21,23)/t16-/m1/s1. The van der Waals surface area contributed by atoms with Crippen molar-refractivity contribution in [1.29, 1.82) is 0 Å². The zero-order valence-corrected chi connectivity index (χ0v) is 15.7. The third kappa shape index (κ3) is 4.05. The summed E-state index contributed by atoms with van der Waals surface area (Å²) >= 11 is 7.29. The first-order valence-corrected chi connectivity index (χ1v) is 9.05. The molecule has 2 aromatic rings. The Morgan fingerprint density at radius 1 is 1.23 bits per heavy atom. The van der Waals surface area contributed by atoms with E-state index in [-0.39, 0.29) is 18.2 Å². The molecule has 2 aromatic carbocycles. The normalized spacial score (nSPS) is 15.7. The molecule has 0 aliphatic carbocycles. The average molecular weight is 393 g/mol. The number of fused-ring (bicyclic) bond motifs is 1. The first-order valence-electron chi connectivity index (χ1n) is 7.79. The van der Waals surface area contributed by atoms with E-state index in [4.69, 9.17) is 21.1 Å². The van der Waals surface area contributed by atoms with Crippen LogP contribution >= 0.6 is 23.4 Å². The number of hydrogen-bond acceptors (Lipinski definition) is 5. The predicted octanol–water partition coefficient (Wildman–Crippen LogP) is 3.80. The molecular formula is C18H17ClN2O4S. The van der Waals surface area contributed by atoms with Crippen molar-refractivity contribution < 1.29 is 19.1 Å². The molecule has 1 aliphatic rings. The second-order valence-corrected chi connectivity index (χ2v) is 7.24. The molecule has 1 heterocycles. The van der Waals surface area contributed by atoms with Crippen LogP contribution in [0.4, 0.5) is 11.4 Å². The molecule has 6 nitrogen and oxygen atoms in total. The lowest BCUT2D eigenvalue weighted by Crippen LogP contribution is -2.32. The van der Waals surface area contributed by atoms with Gasteiger partial charge in [0, 0.05) is 22.4 Å². The third-order valence-electron chi connectivity index (χ3n) is 3.81. The number of halogens is 1. The number of amides is 2. The first kappa shape index (κ1) is 18.4. The highest BCUT2D eigenvalue weighted by molar-refractivity contribution is 8.01. The van der Waals surface area contributed by atoms with Crippen LogP contribution in [0.2, 0.25) is 5.02 Å². The molecule has 0 unspecified atom stereocenters. The summed E-state index contributed by atoms with van der Waals surface area (Å²) in [5, 5.41) is 5.60. The molecule has 2 amide bonds. The minimum atomic E-state index is -0.520. The highest BCUT2D eigenvalue weighted by Gasteiger charge is 2.29. The van der Waals surface area contributed by atoms with Gasteiger partial charge in [0.25, 0.3) is 0 Å². The maximum Gasteiger partial charge on any atom is 0.238 e. The molecule has 26 heavy (non-hydrogen) atoms. The minimum Gasteiger partial charge on any atom is -0.497 e. The Labute approximate surface area is 160 Å². The van der Waals surface area contributed by atoms with Gasteiger partial charge < -0.3 is 20.1 Å². The van der Waals surface area contributed by atoms with E-state index >= 15 is 0 Å². The number of ether oxygens (including phenoxy) is 2. The Bertz CT molecular complexity index is 859. The maximum atomic E-state index is 12.4. The number of hydrogen-bond donors (Lipinski definition) is 2. The molecule has 0 spiro atoms. The fourth-order valence-corrected chi connectivity index (χ4v) is 3.79. The lowest BCUT2D eigenvalue weighted by molar-refractivity contribution is -0.120. The quantitative estimate of drug-likeness (QED) is 0.809. The summed E-state index contributed by atoms with van der Waals surface area (Å²) in [7, 11) is 3.06. The van der Waals surface area contributed by atoms with Crippen LogP contribution in [0.5, 0.6) is 11.5 Å². The van der Waals surface area contributed by atoms with Crippen molar-refractivity contribution in [3.63, 3.8) is 0 Å². The predicted molar refractivity (Wildman–Crippen MR) is 103 cm³/mol. The molecule has 0 aromatic heterocycles. The number of rotatable bonds is 5. The maximum absolute atomic E-state index is 12.4. The minimum absolute atomic E-state index is 0.0355. The van der Waals surface area contributed by atoms with Crippen LogP contribution in [0, 0.1) is 0 Å². The van der Waals surface area contributed by atoms with Crippen molar-refractivity contribution in [3.05, 3.63) is 41.4 Å². The summed E-state index contributed by atoms with van der Waals surface area (Å²) in [5.74, 6) is 0.607. The van der Waals surface area contributed by atoms with Crippen molar-refractivity contribution in [2.45, 2.75) is 16.6 Å². The van der Waals surface area contributed by atoms with Crippen molar-refractivity contribution in [3.8, 4) is 11.5 Å². The molecular weight excluding hydrogens is 376 g/mol. The Morgan fingerprint density at radius 2 is 2.04 bits per heavy atom. The van der Waals surface area contributed by atoms with Gasteiger partial charge in [-0.05, 0) is 30.3 Å². The monoisotopic (exact) mass is 392 g/mol. The van der Waals surface area contributed by atoms with Crippen molar-refractivity contribution >= 4 is 46.6 Å². The molecule has 2 N–H and O–H groups in total. The second-order valence-electron chi connectivity index (χ2n) is 5.55. The van der Waals surface area contributed by atoms with Crippen molar-refractivity contribution in [2.24, 2.45) is 0 Å². The van der Waals surface area contributed by atoms with Crippen LogP contribution < -0.4 is 20.1 Å². The highest BCUT2D eigenvalue weighted by Crippen LogP contribution is 2.38. The van der Waals surface area contributed by atoms with E-state index in [1.807, 2.05) is 6.07 Å². The summed E-state index contributed by atoms with van der Waals surface area (Å²) in [6.45, 7) is 0. The van der Waals surface area contributed by atoms with Gasteiger partial charge in [-0.25, -0.2) is 0 Å². The lowest BCUT2D eigenvalue weighted by atomic mass is 10.2. The van der Waals surface area contributed by atoms with Gasteiger partial charge in [0.05, 0.1) is 30.8 Å². The third-order valence-corrected chi connectivity index (χ3v) is 5.32. The highest BCUT2D eigenvalue weighted by atomic mass is 35.5. The summed E-state index contributed by atoms with van der Waals surface area (Å²) in [6, 6.07) is 10.4. The number of carbonyl (C=O) groups is 2. The molecule has 0 saturated carbocycles. The Balaban J connectivity index is 1.69. The number of carbonyl (C=O) groups excluding carboxylic acids is 2. The number of thioether (sulfide) groups is 1. The van der Waals surface area contributed by atoms with Crippen molar-refractivity contribution in [1.82, 2.24) is 0 Å². The molecule has 1 aliphatic heterocycles. The summed E-state index contributed by atoms with van der Waals surface area (Å²) in [4.78, 5) is 25.6. The van der Waals surface area contributed by atoms with Crippen LogP contribution in [0.1, 0.15) is 6.42 Å². The van der Waals surface area contributed by atoms with Gasteiger partial charge in [-0.3, -0.25) is 9.59 Å². The van der Waals surface area contributed by atoms with E-state index in [2.05, 4.69) is 10.6 Å². The number of anilines is 2. The van der Waals surface area contributed by atoms with Crippen molar-refractivity contribution in [2.75, 3.05) is 24.9 Å². The zero-order valence-electron chi connectivity index (χ0n) is 14.2. The average Bonchev–Trinajstić information content (AvgIpc) is 2.62. The Hall–Kier alpha value is -2.38. The van der Waals surface area contributed by atoms with Crippen LogP contribution in [0.15, 0.2) is 41.3 Å². The smallest absolute Gasteiger partial charge is 0.238 e. The van der Waals surface area contributed by atoms with Crippen LogP contribution in [0.3, 0.4) is 0 Å². The van der Waals surface area contributed by atoms with Gasteiger partial charge in [0.2, 0.25) is 11.8 Å². The molecule has 0 bridgehead atoms. The van der Waals surface area contributed by atoms with E-state index in [9.17, 15) is 9.59 Å². The van der Waals surface area contributed by atoms with Gasteiger partial charge in [-0.1, -0.05) is 11.6 Å². The van der Waals surface area contributed by atoms with E-state index in [0.29, 0.717) is 27.9 Å². The fourth-order valence-electron chi connectivity index (χ4n) is 2.53. The van der Waals surface area contributed by atoms with Gasteiger partial charge >= 0.3 is 0 Å². The number of methoxy groups -OCH3 is 2. The van der Waals surface area contributed by atoms with Crippen LogP contribution in [-0.2, 0) is 9.59 Å². The van der Waals surface area contributed by atoms with Gasteiger partial charge in [0.1, 0.15) is 11.5 Å². The van der Waals surface area contributed by atoms with Crippen LogP contribution in [0.25, 0.3) is 0 Å². The fraction of sp³-hybridized carbons (Fsp3) is 0.222. The Kier molecular flexibility index (Phi) is 5.58. The molecule has 1 atom stereocenters. The Morgan fingerprint density at radius 3 is 2.77 bits per heavy atom. The zero-order chi connectivity index (χ0) is 18.7. The summed E-state index contributed by atoms with van der Waals surface area (Å²) < 4.78 is 10.4.